The Morgan fingerprint density at radius 1 is 1.43 bits per heavy atom. The number of nitrogens with zero attached hydrogens (tertiary/aromatic N) is 1. The number of hydrogen-bond acceptors (Lipinski definition) is 2. The first-order valence-corrected chi connectivity index (χ1v) is 5.73. The number of unbranched alkanes of at least 4 members (excludes halogenated alkanes) is 1. The fourth-order valence-corrected chi connectivity index (χ4v) is 1.26. The van der Waals surface area contributed by atoms with Gasteiger partial charge in [-0.3, -0.25) is 0 Å². The van der Waals surface area contributed by atoms with E-state index in [0.29, 0.717) is 6.04 Å². The molecule has 0 rings (SSSR count). The molecule has 0 aromatic carbocycles. The average molecular weight is 198 g/mol. The van der Waals surface area contributed by atoms with Gasteiger partial charge in [0.1, 0.15) is 0 Å². The van der Waals surface area contributed by atoms with Crippen molar-refractivity contribution in [3.05, 3.63) is 12.7 Å². The van der Waals surface area contributed by atoms with Gasteiger partial charge >= 0.3 is 0 Å². The van der Waals surface area contributed by atoms with Crippen LogP contribution in [0.5, 0.6) is 0 Å². The maximum absolute atomic E-state index is 3.72. The molecule has 0 spiro atoms. The van der Waals surface area contributed by atoms with Crippen molar-refractivity contribution in [1.82, 2.24) is 10.2 Å². The predicted octanol–water partition coefficient (Wildman–Crippen LogP) is 2.27. The monoisotopic (exact) mass is 198 g/mol. The number of hydrogen-bond donors (Lipinski definition) is 1. The van der Waals surface area contributed by atoms with Gasteiger partial charge in [0.05, 0.1) is 0 Å². The predicted molar refractivity (Wildman–Crippen MR) is 64.7 cm³/mol. The summed E-state index contributed by atoms with van der Waals surface area (Å²) in [6.07, 6.45) is 5.55. The fraction of sp³-hybridized carbons (Fsp3) is 0.833. The van der Waals surface area contributed by atoms with Crippen LogP contribution in [0.25, 0.3) is 0 Å². The minimum absolute atomic E-state index is 0.650. The minimum Gasteiger partial charge on any atom is -0.313 e. The van der Waals surface area contributed by atoms with Crippen molar-refractivity contribution >= 4 is 0 Å². The average Bonchev–Trinajstić information content (AvgIpc) is 2.18. The van der Waals surface area contributed by atoms with E-state index < -0.39 is 0 Å². The Labute approximate surface area is 89.4 Å². The maximum Gasteiger partial charge on any atom is 0.0104 e. The highest BCUT2D eigenvalue weighted by Gasteiger charge is 1.99. The molecule has 1 N–H and O–H groups in total. The molecule has 84 valence electrons. The van der Waals surface area contributed by atoms with Gasteiger partial charge in [0.2, 0.25) is 0 Å². The van der Waals surface area contributed by atoms with Gasteiger partial charge in [-0.05, 0) is 39.8 Å². The third-order valence-electron chi connectivity index (χ3n) is 2.55. The molecule has 0 aliphatic heterocycles. The van der Waals surface area contributed by atoms with Crippen LogP contribution in [-0.4, -0.2) is 37.6 Å². The normalized spacial score (nSPS) is 13.1. The molecule has 1 unspecified atom stereocenters. The zero-order chi connectivity index (χ0) is 10.8. The summed E-state index contributed by atoms with van der Waals surface area (Å²) in [7, 11) is 2.18. The molecular weight excluding hydrogens is 172 g/mol. The van der Waals surface area contributed by atoms with Crippen molar-refractivity contribution in [1.29, 1.82) is 0 Å². The Morgan fingerprint density at radius 2 is 2.14 bits per heavy atom. The first kappa shape index (κ1) is 13.7. The number of rotatable bonds is 9. The van der Waals surface area contributed by atoms with Gasteiger partial charge in [0.15, 0.2) is 0 Å². The summed E-state index contributed by atoms with van der Waals surface area (Å²) in [6, 6.07) is 0.650. The van der Waals surface area contributed by atoms with E-state index in [9.17, 15) is 0 Å². The summed E-state index contributed by atoms with van der Waals surface area (Å²) in [5, 5.41) is 3.49. The molecule has 0 aromatic heterocycles. The molecule has 0 bridgehead atoms. The van der Waals surface area contributed by atoms with Crippen molar-refractivity contribution in [2.24, 2.45) is 0 Å². The van der Waals surface area contributed by atoms with Crippen molar-refractivity contribution in [2.45, 2.75) is 39.2 Å². The lowest BCUT2D eigenvalue weighted by molar-refractivity contribution is 0.321. The molecule has 0 saturated carbocycles. The molecule has 0 aromatic rings. The van der Waals surface area contributed by atoms with Crippen molar-refractivity contribution < 1.29 is 0 Å². The maximum atomic E-state index is 3.72. The molecule has 0 aliphatic rings. The molecule has 0 aliphatic carbocycles. The molecule has 0 amide bonds. The van der Waals surface area contributed by atoms with E-state index in [0.717, 1.165) is 19.5 Å². The standard InChI is InChI=1S/C12H26N2/c1-5-7-8-10-14(4)11-9-13-12(3)6-2/h5,12-13H,1,6-11H2,2-4H3. The van der Waals surface area contributed by atoms with Crippen LogP contribution in [0.1, 0.15) is 33.1 Å². The lowest BCUT2D eigenvalue weighted by Crippen LogP contribution is -2.34. The third kappa shape index (κ3) is 8.27. The van der Waals surface area contributed by atoms with E-state index >= 15 is 0 Å². The number of allylic oxidation sites excluding steroid dienone is 1. The summed E-state index contributed by atoms with van der Waals surface area (Å²) in [4.78, 5) is 2.37. The van der Waals surface area contributed by atoms with Gasteiger partial charge in [-0.25, -0.2) is 0 Å². The van der Waals surface area contributed by atoms with E-state index in [-0.39, 0.29) is 0 Å². The second-order valence-corrected chi connectivity index (χ2v) is 4.00. The molecular formula is C12H26N2. The molecule has 0 saturated heterocycles. The summed E-state index contributed by atoms with van der Waals surface area (Å²) < 4.78 is 0. The first-order valence-electron chi connectivity index (χ1n) is 5.73. The molecule has 2 nitrogen and oxygen atoms in total. The Hall–Kier alpha value is -0.340. The largest absolute Gasteiger partial charge is 0.313 e. The smallest absolute Gasteiger partial charge is 0.0104 e. The van der Waals surface area contributed by atoms with Crippen LogP contribution in [0.3, 0.4) is 0 Å². The topological polar surface area (TPSA) is 15.3 Å². The minimum atomic E-state index is 0.650. The quantitative estimate of drug-likeness (QED) is 0.452. The van der Waals surface area contributed by atoms with Gasteiger partial charge < -0.3 is 10.2 Å². The molecule has 0 heterocycles. The summed E-state index contributed by atoms with van der Waals surface area (Å²) in [5.41, 5.74) is 0. The molecule has 0 fully saturated rings. The lowest BCUT2D eigenvalue weighted by Gasteiger charge is -2.18. The molecule has 2 heteroatoms. The second-order valence-electron chi connectivity index (χ2n) is 4.00. The van der Waals surface area contributed by atoms with Crippen molar-refractivity contribution in [2.75, 3.05) is 26.7 Å². The number of likely N-dealkylation sites (N-methyl/N-ethyl adjacent to an activating group) is 1. The first-order chi connectivity index (χ1) is 6.70. The van der Waals surface area contributed by atoms with Crippen molar-refractivity contribution in [3.63, 3.8) is 0 Å². The zero-order valence-electron chi connectivity index (χ0n) is 10.1. The number of nitrogens with one attached hydrogen (secondary N) is 1. The third-order valence-corrected chi connectivity index (χ3v) is 2.55. The van der Waals surface area contributed by atoms with E-state index in [1.807, 2.05) is 6.08 Å². The van der Waals surface area contributed by atoms with Crippen LogP contribution in [0.15, 0.2) is 12.7 Å². The van der Waals surface area contributed by atoms with E-state index in [4.69, 9.17) is 0 Å². The molecule has 0 radical (unpaired) electrons. The van der Waals surface area contributed by atoms with Gasteiger partial charge in [-0.15, -0.1) is 6.58 Å². The SMILES string of the molecule is C=CCCCN(C)CCNC(C)CC. The van der Waals surface area contributed by atoms with Crippen LogP contribution in [0.4, 0.5) is 0 Å². The van der Waals surface area contributed by atoms with Gasteiger partial charge in [0.25, 0.3) is 0 Å². The van der Waals surface area contributed by atoms with Gasteiger partial charge in [-0.1, -0.05) is 13.0 Å². The van der Waals surface area contributed by atoms with Crippen molar-refractivity contribution in [3.8, 4) is 0 Å². The molecule has 14 heavy (non-hydrogen) atoms. The summed E-state index contributed by atoms with van der Waals surface area (Å²) in [5.74, 6) is 0. The van der Waals surface area contributed by atoms with Gasteiger partial charge in [-0.2, -0.15) is 0 Å². The van der Waals surface area contributed by atoms with E-state index in [1.54, 1.807) is 0 Å². The van der Waals surface area contributed by atoms with Crippen LogP contribution in [0.2, 0.25) is 0 Å². The Bertz CT molecular complexity index is 134. The van der Waals surface area contributed by atoms with E-state index in [1.165, 1.54) is 19.4 Å². The van der Waals surface area contributed by atoms with Gasteiger partial charge in [0, 0.05) is 19.1 Å². The summed E-state index contributed by atoms with van der Waals surface area (Å²) in [6.45, 7) is 11.6. The Balaban J connectivity index is 3.25. The summed E-state index contributed by atoms with van der Waals surface area (Å²) >= 11 is 0. The highest BCUT2D eigenvalue weighted by atomic mass is 15.1. The lowest BCUT2D eigenvalue weighted by atomic mass is 10.2. The van der Waals surface area contributed by atoms with E-state index in [2.05, 4.69) is 37.7 Å². The zero-order valence-corrected chi connectivity index (χ0v) is 10.1. The Morgan fingerprint density at radius 3 is 2.71 bits per heavy atom. The molecule has 1 atom stereocenters. The van der Waals surface area contributed by atoms with Crippen LogP contribution in [-0.2, 0) is 0 Å². The Kier molecular flexibility index (Phi) is 9.00. The van der Waals surface area contributed by atoms with Crippen LogP contribution < -0.4 is 5.32 Å². The highest BCUT2D eigenvalue weighted by molar-refractivity contribution is 4.67. The van der Waals surface area contributed by atoms with Crippen LogP contribution in [0, 0.1) is 0 Å². The van der Waals surface area contributed by atoms with Crippen LogP contribution >= 0.6 is 0 Å². The highest BCUT2D eigenvalue weighted by Crippen LogP contribution is 1.93. The second kappa shape index (κ2) is 9.22. The fourth-order valence-electron chi connectivity index (χ4n) is 1.26.